The molecule has 0 aliphatic carbocycles. The minimum absolute atomic E-state index is 0.0285. The molecule has 0 amide bonds. The predicted octanol–water partition coefficient (Wildman–Crippen LogP) is 5.03. The van der Waals surface area contributed by atoms with E-state index in [1.54, 1.807) is 6.07 Å². The SMILES string of the molecule is Oc1c(Cl)cc(Cl)cc1/C=N/N=C1\C[C@@H](c2ccccc2)N=N1. The highest BCUT2D eigenvalue weighted by Gasteiger charge is 2.19. The van der Waals surface area contributed by atoms with E-state index >= 15 is 0 Å². The van der Waals surface area contributed by atoms with E-state index in [0.29, 0.717) is 22.8 Å². The Morgan fingerprint density at radius 3 is 2.74 bits per heavy atom. The van der Waals surface area contributed by atoms with E-state index < -0.39 is 0 Å². The van der Waals surface area contributed by atoms with Crippen molar-refractivity contribution in [3.05, 3.63) is 63.6 Å². The van der Waals surface area contributed by atoms with Gasteiger partial charge < -0.3 is 5.11 Å². The molecule has 1 N–H and O–H groups in total. The lowest BCUT2D eigenvalue weighted by Crippen LogP contribution is -1.95. The Labute approximate surface area is 143 Å². The first-order valence-electron chi connectivity index (χ1n) is 6.87. The highest BCUT2D eigenvalue weighted by atomic mass is 35.5. The van der Waals surface area contributed by atoms with Crippen molar-refractivity contribution in [1.82, 2.24) is 0 Å². The van der Waals surface area contributed by atoms with Gasteiger partial charge in [0.25, 0.3) is 0 Å². The van der Waals surface area contributed by atoms with Crippen LogP contribution in [-0.2, 0) is 0 Å². The molecule has 1 atom stereocenters. The van der Waals surface area contributed by atoms with Gasteiger partial charge in [0.15, 0.2) is 5.84 Å². The summed E-state index contributed by atoms with van der Waals surface area (Å²) < 4.78 is 0. The van der Waals surface area contributed by atoms with Crippen LogP contribution in [0.15, 0.2) is 62.9 Å². The van der Waals surface area contributed by atoms with Gasteiger partial charge in [-0.15, -0.1) is 10.2 Å². The molecular formula is C16H12Cl2N4O. The molecule has 1 aliphatic heterocycles. The standard InChI is InChI=1S/C16H12Cl2N4O/c17-12-6-11(16(23)13(18)7-12)9-19-21-15-8-14(20-22-15)10-4-2-1-3-5-10/h1-7,9,14,23H,8H2/b19-9+,21-15+/t14-/m0/s1. The molecule has 3 rings (SSSR count). The minimum Gasteiger partial charge on any atom is -0.506 e. The molecular weight excluding hydrogens is 335 g/mol. The first-order valence-corrected chi connectivity index (χ1v) is 7.63. The lowest BCUT2D eigenvalue weighted by Gasteiger charge is -2.03. The molecule has 0 radical (unpaired) electrons. The van der Waals surface area contributed by atoms with E-state index in [1.807, 2.05) is 30.3 Å². The molecule has 1 aliphatic rings. The maximum Gasteiger partial charge on any atom is 0.175 e. The second kappa shape index (κ2) is 6.89. The molecule has 116 valence electrons. The monoisotopic (exact) mass is 346 g/mol. The Hall–Kier alpha value is -2.24. The number of phenols is 1. The molecule has 1 heterocycles. The van der Waals surface area contributed by atoms with Gasteiger partial charge >= 0.3 is 0 Å². The minimum atomic E-state index is -0.0878. The van der Waals surface area contributed by atoms with Crippen LogP contribution in [0.2, 0.25) is 10.0 Å². The molecule has 0 unspecified atom stereocenters. The van der Waals surface area contributed by atoms with Gasteiger partial charge in [-0.05, 0) is 17.7 Å². The van der Waals surface area contributed by atoms with Gasteiger partial charge in [0.1, 0.15) is 11.8 Å². The van der Waals surface area contributed by atoms with E-state index in [-0.39, 0.29) is 16.8 Å². The Morgan fingerprint density at radius 1 is 1.17 bits per heavy atom. The van der Waals surface area contributed by atoms with Crippen molar-refractivity contribution >= 4 is 35.3 Å². The molecule has 0 fully saturated rings. The van der Waals surface area contributed by atoms with Crippen molar-refractivity contribution < 1.29 is 5.11 Å². The fourth-order valence-corrected chi connectivity index (χ4v) is 2.66. The Morgan fingerprint density at radius 2 is 1.96 bits per heavy atom. The van der Waals surface area contributed by atoms with E-state index in [1.165, 1.54) is 12.3 Å². The molecule has 0 bridgehead atoms. The summed E-state index contributed by atoms with van der Waals surface area (Å²) in [6.07, 6.45) is 1.97. The normalized spacial score (nSPS) is 19.0. The smallest absolute Gasteiger partial charge is 0.175 e. The van der Waals surface area contributed by atoms with Gasteiger partial charge in [-0.3, -0.25) is 0 Å². The topological polar surface area (TPSA) is 69.7 Å². The van der Waals surface area contributed by atoms with Crippen LogP contribution in [0.25, 0.3) is 0 Å². The average molecular weight is 347 g/mol. The van der Waals surface area contributed by atoms with Crippen LogP contribution >= 0.6 is 23.2 Å². The first kappa shape index (κ1) is 15.6. The van der Waals surface area contributed by atoms with Gasteiger partial charge in [-0.25, -0.2) is 0 Å². The van der Waals surface area contributed by atoms with Crippen molar-refractivity contribution in [1.29, 1.82) is 0 Å². The van der Waals surface area contributed by atoms with Crippen LogP contribution in [0.1, 0.15) is 23.6 Å². The molecule has 0 aromatic heterocycles. The van der Waals surface area contributed by atoms with E-state index in [2.05, 4.69) is 20.4 Å². The lowest BCUT2D eigenvalue weighted by molar-refractivity contribution is 0.474. The van der Waals surface area contributed by atoms with Crippen LogP contribution in [0.5, 0.6) is 5.75 Å². The number of phenolic OH excluding ortho intramolecular Hbond substituents is 1. The number of nitrogens with zero attached hydrogens (tertiary/aromatic N) is 4. The summed E-state index contributed by atoms with van der Waals surface area (Å²) in [5, 5.41) is 26.6. The Balaban J connectivity index is 1.71. The second-order valence-corrected chi connectivity index (χ2v) is 5.78. The summed E-state index contributed by atoms with van der Waals surface area (Å²) in [4.78, 5) is 0. The highest BCUT2D eigenvalue weighted by molar-refractivity contribution is 6.36. The van der Waals surface area contributed by atoms with Crippen LogP contribution in [0.4, 0.5) is 0 Å². The number of rotatable bonds is 3. The third-order valence-corrected chi connectivity index (χ3v) is 3.81. The summed E-state index contributed by atoms with van der Waals surface area (Å²) in [6, 6.07) is 12.9. The molecule has 0 spiro atoms. The maximum absolute atomic E-state index is 9.83. The van der Waals surface area contributed by atoms with Gasteiger partial charge in [0, 0.05) is 17.0 Å². The van der Waals surface area contributed by atoms with Crippen molar-refractivity contribution in [2.45, 2.75) is 12.5 Å². The largest absolute Gasteiger partial charge is 0.506 e. The third kappa shape index (κ3) is 3.75. The van der Waals surface area contributed by atoms with Gasteiger partial charge in [-0.1, -0.05) is 53.5 Å². The fraction of sp³-hybridized carbons (Fsp3) is 0.125. The predicted molar refractivity (Wildman–Crippen MR) is 91.8 cm³/mol. The molecule has 23 heavy (non-hydrogen) atoms. The zero-order valence-electron chi connectivity index (χ0n) is 11.9. The molecule has 2 aromatic carbocycles. The van der Waals surface area contributed by atoms with Crippen molar-refractivity contribution in [2.75, 3.05) is 0 Å². The van der Waals surface area contributed by atoms with E-state index in [0.717, 1.165) is 5.56 Å². The average Bonchev–Trinajstić information content (AvgIpc) is 3.02. The number of halogens is 2. The van der Waals surface area contributed by atoms with Gasteiger partial charge in [-0.2, -0.15) is 10.2 Å². The summed E-state index contributed by atoms with van der Waals surface area (Å²) in [5.74, 6) is 0.443. The number of amidine groups is 1. The van der Waals surface area contributed by atoms with E-state index in [9.17, 15) is 5.11 Å². The van der Waals surface area contributed by atoms with Crippen molar-refractivity contribution in [2.24, 2.45) is 20.4 Å². The van der Waals surface area contributed by atoms with Gasteiger partial charge in [0.2, 0.25) is 0 Å². The van der Waals surface area contributed by atoms with E-state index in [4.69, 9.17) is 23.2 Å². The molecule has 2 aromatic rings. The molecule has 0 saturated carbocycles. The summed E-state index contributed by atoms with van der Waals surface area (Å²) in [5.41, 5.74) is 1.48. The highest BCUT2D eigenvalue weighted by Crippen LogP contribution is 2.30. The summed E-state index contributed by atoms with van der Waals surface area (Å²) >= 11 is 11.7. The number of hydrogen-bond acceptors (Lipinski definition) is 4. The fourth-order valence-electron chi connectivity index (χ4n) is 2.15. The number of benzene rings is 2. The summed E-state index contributed by atoms with van der Waals surface area (Å²) in [6.45, 7) is 0. The van der Waals surface area contributed by atoms with Gasteiger partial charge in [0.05, 0.1) is 11.2 Å². The zero-order chi connectivity index (χ0) is 16.2. The number of azo groups is 1. The zero-order valence-corrected chi connectivity index (χ0v) is 13.4. The van der Waals surface area contributed by atoms with Crippen molar-refractivity contribution in [3.63, 3.8) is 0 Å². The summed E-state index contributed by atoms with van der Waals surface area (Å²) in [7, 11) is 0. The van der Waals surface area contributed by atoms with Crippen LogP contribution in [0.3, 0.4) is 0 Å². The van der Waals surface area contributed by atoms with Crippen molar-refractivity contribution in [3.8, 4) is 5.75 Å². The lowest BCUT2D eigenvalue weighted by atomic mass is 10.1. The second-order valence-electron chi connectivity index (χ2n) is 4.93. The number of aromatic hydroxyl groups is 1. The van der Waals surface area contributed by atoms with Crippen LogP contribution in [-0.4, -0.2) is 17.2 Å². The quantitative estimate of drug-likeness (QED) is 0.614. The first-order chi connectivity index (χ1) is 11.1. The maximum atomic E-state index is 9.83. The molecule has 5 nitrogen and oxygen atoms in total. The third-order valence-electron chi connectivity index (χ3n) is 3.30. The Kier molecular flexibility index (Phi) is 4.69. The molecule has 0 saturated heterocycles. The molecule has 7 heteroatoms. The van der Waals surface area contributed by atoms with Crippen LogP contribution in [0, 0.1) is 0 Å². The number of hydrogen-bond donors (Lipinski definition) is 1. The Bertz CT molecular complexity index is 803. The van der Waals surface area contributed by atoms with Crippen LogP contribution < -0.4 is 0 Å².